The van der Waals surface area contributed by atoms with E-state index in [1.165, 1.54) is 36.4 Å². The SMILES string of the molecule is N#Cc1ccc([N+](=O)[O-])c(Oc2ccc(F)c(Br)c2)c1. The van der Waals surface area contributed by atoms with E-state index in [0.29, 0.717) is 0 Å². The van der Waals surface area contributed by atoms with Gasteiger partial charge in [-0.2, -0.15) is 5.26 Å². The molecule has 7 heteroatoms. The summed E-state index contributed by atoms with van der Waals surface area (Å²) in [5.41, 5.74) is -0.0452. The second kappa shape index (κ2) is 5.67. The van der Waals surface area contributed by atoms with Crippen molar-refractivity contribution in [2.75, 3.05) is 0 Å². The third-order valence-corrected chi connectivity index (χ3v) is 3.01. The van der Waals surface area contributed by atoms with E-state index < -0.39 is 10.7 Å². The van der Waals surface area contributed by atoms with Gasteiger partial charge in [-0.3, -0.25) is 10.1 Å². The van der Waals surface area contributed by atoms with Gasteiger partial charge in [-0.15, -0.1) is 0 Å². The average Bonchev–Trinajstić information content (AvgIpc) is 2.42. The Morgan fingerprint density at radius 3 is 2.65 bits per heavy atom. The molecule has 0 atom stereocenters. The summed E-state index contributed by atoms with van der Waals surface area (Å²) in [6.45, 7) is 0. The van der Waals surface area contributed by atoms with Crippen molar-refractivity contribution >= 4 is 21.6 Å². The minimum Gasteiger partial charge on any atom is -0.450 e. The molecule has 5 nitrogen and oxygen atoms in total. The lowest BCUT2D eigenvalue weighted by molar-refractivity contribution is -0.385. The quantitative estimate of drug-likeness (QED) is 0.622. The van der Waals surface area contributed by atoms with Crippen molar-refractivity contribution in [2.24, 2.45) is 0 Å². The Bertz CT molecular complexity index is 728. The molecule has 0 N–H and O–H groups in total. The van der Waals surface area contributed by atoms with Gasteiger partial charge in [0, 0.05) is 12.1 Å². The van der Waals surface area contributed by atoms with Crippen molar-refractivity contribution < 1.29 is 14.1 Å². The second-order valence-electron chi connectivity index (χ2n) is 3.73. The van der Waals surface area contributed by atoms with Crippen LogP contribution in [0, 0.1) is 27.3 Å². The maximum Gasteiger partial charge on any atom is 0.311 e. The van der Waals surface area contributed by atoms with Gasteiger partial charge >= 0.3 is 5.69 Å². The number of benzene rings is 2. The first-order valence-corrected chi connectivity index (χ1v) is 6.12. The Morgan fingerprint density at radius 2 is 2.05 bits per heavy atom. The van der Waals surface area contributed by atoms with Crippen LogP contribution in [0.2, 0.25) is 0 Å². The van der Waals surface area contributed by atoms with Crippen molar-refractivity contribution in [3.63, 3.8) is 0 Å². The van der Waals surface area contributed by atoms with Crippen molar-refractivity contribution in [2.45, 2.75) is 0 Å². The van der Waals surface area contributed by atoms with Crippen molar-refractivity contribution in [3.8, 4) is 17.6 Å². The minimum atomic E-state index is -0.616. The number of nitriles is 1. The molecule has 2 aromatic carbocycles. The fourth-order valence-electron chi connectivity index (χ4n) is 1.48. The van der Waals surface area contributed by atoms with Gasteiger partial charge < -0.3 is 4.74 Å². The summed E-state index contributed by atoms with van der Waals surface area (Å²) in [5.74, 6) is -0.332. The molecule has 2 rings (SSSR count). The summed E-state index contributed by atoms with van der Waals surface area (Å²) < 4.78 is 18.6. The zero-order chi connectivity index (χ0) is 14.7. The van der Waals surface area contributed by atoms with Crippen LogP contribution in [0.3, 0.4) is 0 Å². The third-order valence-electron chi connectivity index (χ3n) is 2.40. The molecule has 0 unspecified atom stereocenters. The first-order valence-electron chi connectivity index (χ1n) is 5.32. The second-order valence-corrected chi connectivity index (χ2v) is 4.58. The van der Waals surface area contributed by atoms with Crippen LogP contribution in [0.1, 0.15) is 5.56 Å². The Balaban J connectivity index is 2.43. The van der Waals surface area contributed by atoms with Crippen LogP contribution in [0.25, 0.3) is 0 Å². The molecule has 2 aromatic rings. The van der Waals surface area contributed by atoms with E-state index in [2.05, 4.69) is 15.9 Å². The summed E-state index contributed by atoms with van der Waals surface area (Å²) in [6.07, 6.45) is 0. The molecule has 0 spiro atoms. The first-order chi connectivity index (χ1) is 9.51. The normalized spacial score (nSPS) is 9.85. The highest BCUT2D eigenvalue weighted by Gasteiger charge is 2.17. The van der Waals surface area contributed by atoms with E-state index in [-0.39, 0.29) is 27.2 Å². The van der Waals surface area contributed by atoms with Crippen LogP contribution in [0.4, 0.5) is 10.1 Å². The lowest BCUT2D eigenvalue weighted by Crippen LogP contribution is -1.94. The molecule has 0 heterocycles. The van der Waals surface area contributed by atoms with Crippen molar-refractivity contribution in [3.05, 3.63) is 62.4 Å². The van der Waals surface area contributed by atoms with Crippen LogP contribution in [-0.2, 0) is 0 Å². The molecule has 0 aromatic heterocycles. The largest absolute Gasteiger partial charge is 0.450 e. The highest BCUT2D eigenvalue weighted by Crippen LogP contribution is 2.33. The standard InChI is InChI=1S/C13H6BrFN2O3/c14-10-6-9(2-3-11(10)15)20-13-5-8(7-16)1-4-12(13)17(18)19/h1-6H. The smallest absolute Gasteiger partial charge is 0.311 e. The van der Waals surface area contributed by atoms with Gasteiger partial charge in [0.1, 0.15) is 11.6 Å². The number of halogens is 2. The number of hydrogen-bond acceptors (Lipinski definition) is 4. The molecule has 0 radical (unpaired) electrons. The maximum absolute atomic E-state index is 13.1. The van der Waals surface area contributed by atoms with E-state index >= 15 is 0 Å². The zero-order valence-corrected chi connectivity index (χ0v) is 11.4. The molecule has 0 saturated carbocycles. The summed E-state index contributed by atoms with van der Waals surface area (Å²) >= 11 is 2.99. The van der Waals surface area contributed by atoms with E-state index in [1.807, 2.05) is 6.07 Å². The molecule has 0 amide bonds. The van der Waals surface area contributed by atoms with E-state index in [4.69, 9.17) is 10.00 Å². The van der Waals surface area contributed by atoms with Gasteiger partial charge in [-0.1, -0.05) is 0 Å². The number of rotatable bonds is 3. The van der Waals surface area contributed by atoms with Gasteiger partial charge in [-0.05, 0) is 40.2 Å². The molecular weight excluding hydrogens is 331 g/mol. The molecule has 0 saturated heterocycles. The Morgan fingerprint density at radius 1 is 1.30 bits per heavy atom. The summed E-state index contributed by atoms with van der Waals surface area (Å²) in [7, 11) is 0. The highest BCUT2D eigenvalue weighted by molar-refractivity contribution is 9.10. The fourth-order valence-corrected chi connectivity index (χ4v) is 1.84. The third kappa shape index (κ3) is 2.92. The summed E-state index contributed by atoms with van der Waals surface area (Å²) in [5, 5.41) is 19.7. The predicted molar refractivity (Wildman–Crippen MR) is 72.0 cm³/mol. The fraction of sp³-hybridized carbons (Fsp3) is 0. The number of nitrogens with zero attached hydrogens (tertiary/aromatic N) is 2. The molecule has 100 valence electrons. The Hall–Kier alpha value is -2.46. The summed E-state index contributed by atoms with van der Waals surface area (Å²) in [6, 6.07) is 9.49. The average molecular weight is 337 g/mol. The van der Waals surface area contributed by atoms with Crippen LogP contribution >= 0.6 is 15.9 Å². The van der Waals surface area contributed by atoms with Gasteiger partial charge in [0.05, 0.1) is 21.0 Å². The maximum atomic E-state index is 13.1. The number of nitro groups is 1. The molecule has 0 aliphatic rings. The van der Waals surface area contributed by atoms with Crippen molar-refractivity contribution in [1.29, 1.82) is 5.26 Å². The van der Waals surface area contributed by atoms with E-state index in [0.717, 1.165) is 0 Å². The number of hydrogen-bond donors (Lipinski definition) is 0. The molecule has 20 heavy (non-hydrogen) atoms. The summed E-state index contributed by atoms with van der Waals surface area (Å²) in [4.78, 5) is 10.3. The molecule has 0 fully saturated rings. The molecule has 0 aliphatic heterocycles. The first kappa shape index (κ1) is 14.0. The highest BCUT2D eigenvalue weighted by atomic mass is 79.9. The number of ether oxygens (including phenoxy) is 1. The van der Waals surface area contributed by atoms with Gasteiger partial charge in [0.2, 0.25) is 5.75 Å². The van der Waals surface area contributed by atoms with Gasteiger partial charge in [0.25, 0.3) is 0 Å². The van der Waals surface area contributed by atoms with Crippen LogP contribution in [0.5, 0.6) is 11.5 Å². The Kier molecular flexibility index (Phi) is 3.96. The monoisotopic (exact) mass is 336 g/mol. The topological polar surface area (TPSA) is 76.2 Å². The molecule has 0 bridgehead atoms. The molecular formula is C13H6BrFN2O3. The van der Waals surface area contributed by atoms with Crippen LogP contribution in [0.15, 0.2) is 40.9 Å². The van der Waals surface area contributed by atoms with Gasteiger partial charge in [0.15, 0.2) is 0 Å². The van der Waals surface area contributed by atoms with Crippen LogP contribution < -0.4 is 4.74 Å². The van der Waals surface area contributed by atoms with E-state index in [9.17, 15) is 14.5 Å². The van der Waals surface area contributed by atoms with Crippen LogP contribution in [-0.4, -0.2) is 4.92 Å². The lowest BCUT2D eigenvalue weighted by atomic mass is 10.2. The minimum absolute atomic E-state index is 0.0763. The van der Waals surface area contributed by atoms with Gasteiger partial charge in [-0.25, -0.2) is 4.39 Å². The zero-order valence-electron chi connectivity index (χ0n) is 9.84. The number of nitro benzene ring substituents is 1. The Labute approximate surface area is 121 Å². The lowest BCUT2D eigenvalue weighted by Gasteiger charge is -2.07. The molecule has 0 aliphatic carbocycles. The van der Waals surface area contributed by atoms with Crippen molar-refractivity contribution in [1.82, 2.24) is 0 Å². The predicted octanol–water partition coefficient (Wildman–Crippen LogP) is 4.16. The van der Waals surface area contributed by atoms with E-state index in [1.54, 1.807) is 0 Å².